The van der Waals surface area contributed by atoms with Crippen LogP contribution >= 0.6 is 15.9 Å². The standard InChI is InChI=1S/C25H22BrNO5/c1-29-20-13-18(19(26)14-21(20)30-2)23-22(25(28)31-15-16-9-5-3-6-10-16)27-24(32-23)17-11-7-4-8-12-17/h3-14,22-23H,15H2,1-2H3. The molecule has 7 heteroatoms. The van der Waals surface area contributed by atoms with Crippen LogP contribution in [0.4, 0.5) is 0 Å². The Morgan fingerprint density at radius 2 is 1.59 bits per heavy atom. The van der Waals surface area contributed by atoms with Crippen LogP contribution in [0.1, 0.15) is 22.8 Å². The van der Waals surface area contributed by atoms with Gasteiger partial charge in [0.05, 0.1) is 14.2 Å². The number of esters is 1. The summed E-state index contributed by atoms with van der Waals surface area (Å²) in [6.45, 7) is 0.159. The van der Waals surface area contributed by atoms with E-state index in [-0.39, 0.29) is 6.61 Å². The number of benzene rings is 3. The molecule has 0 aromatic heterocycles. The number of hydrogen-bond acceptors (Lipinski definition) is 6. The van der Waals surface area contributed by atoms with Gasteiger partial charge in [0.25, 0.3) is 0 Å². The zero-order valence-corrected chi connectivity index (χ0v) is 19.2. The minimum atomic E-state index is -0.872. The highest BCUT2D eigenvalue weighted by Gasteiger charge is 2.40. The molecular formula is C25H22BrNO5. The van der Waals surface area contributed by atoms with Crippen LogP contribution in [0.3, 0.4) is 0 Å². The van der Waals surface area contributed by atoms with Gasteiger partial charge in [-0.2, -0.15) is 0 Å². The molecule has 0 fully saturated rings. The lowest BCUT2D eigenvalue weighted by Crippen LogP contribution is -2.26. The third-order valence-corrected chi connectivity index (χ3v) is 5.76. The lowest BCUT2D eigenvalue weighted by atomic mass is 10.0. The highest BCUT2D eigenvalue weighted by molar-refractivity contribution is 9.10. The highest BCUT2D eigenvalue weighted by atomic mass is 79.9. The van der Waals surface area contributed by atoms with Crippen molar-refractivity contribution in [3.63, 3.8) is 0 Å². The van der Waals surface area contributed by atoms with Crippen molar-refractivity contribution < 1.29 is 23.7 Å². The quantitative estimate of drug-likeness (QED) is 0.426. The first-order chi connectivity index (χ1) is 15.6. The molecular weight excluding hydrogens is 474 g/mol. The monoisotopic (exact) mass is 495 g/mol. The Bertz CT molecular complexity index is 1120. The van der Waals surface area contributed by atoms with Gasteiger partial charge < -0.3 is 18.9 Å². The van der Waals surface area contributed by atoms with E-state index in [1.807, 2.05) is 60.7 Å². The fourth-order valence-corrected chi connectivity index (χ4v) is 3.99. The number of halogens is 1. The zero-order valence-electron chi connectivity index (χ0n) is 17.7. The number of nitrogens with zero attached hydrogens (tertiary/aromatic N) is 1. The first-order valence-corrected chi connectivity index (χ1v) is 10.8. The van der Waals surface area contributed by atoms with Crippen LogP contribution in [0.25, 0.3) is 0 Å². The van der Waals surface area contributed by atoms with Gasteiger partial charge in [-0.3, -0.25) is 0 Å². The molecule has 2 atom stereocenters. The maximum absolute atomic E-state index is 13.1. The molecule has 0 amide bonds. The number of methoxy groups -OCH3 is 2. The molecule has 0 saturated carbocycles. The second-order valence-electron chi connectivity index (χ2n) is 7.11. The molecule has 32 heavy (non-hydrogen) atoms. The molecule has 1 aliphatic rings. The molecule has 0 bridgehead atoms. The summed E-state index contributed by atoms with van der Waals surface area (Å²) in [6, 6.07) is 21.7. The van der Waals surface area contributed by atoms with Gasteiger partial charge in [-0.15, -0.1) is 0 Å². The van der Waals surface area contributed by atoms with Crippen molar-refractivity contribution in [3.05, 3.63) is 94.0 Å². The summed E-state index contributed by atoms with van der Waals surface area (Å²) in [5.41, 5.74) is 2.39. The van der Waals surface area contributed by atoms with E-state index in [0.717, 1.165) is 11.1 Å². The fraction of sp³-hybridized carbons (Fsp3) is 0.200. The molecule has 0 spiro atoms. The summed E-state index contributed by atoms with van der Waals surface area (Å²) in [4.78, 5) is 17.7. The summed E-state index contributed by atoms with van der Waals surface area (Å²) in [6.07, 6.45) is -0.692. The van der Waals surface area contributed by atoms with Gasteiger partial charge in [0.1, 0.15) is 6.61 Å². The highest BCUT2D eigenvalue weighted by Crippen LogP contribution is 2.41. The molecule has 164 valence electrons. The van der Waals surface area contributed by atoms with Crippen LogP contribution in [0.15, 0.2) is 82.3 Å². The molecule has 3 aromatic rings. The Morgan fingerprint density at radius 3 is 2.25 bits per heavy atom. The Morgan fingerprint density at radius 1 is 0.969 bits per heavy atom. The van der Waals surface area contributed by atoms with E-state index in [4.69, 9.17) is 18.9 Å². The minimum Gasteiger partial charge on any atom is -0.493 e. The number of carbonyl (C=O) groups excluding carboxylic acids is 1. The lowest BCUT2D eigenvalue weighted by Gasteiger charge is -2.20. The summed E-state index contributed by atoms with van der Waals surface area (Å²) < 4.78 is 23.3. The average molecular weight is 496 g/mol. The van der Waals surface area contributed by atoms with Crippen molar-refractivity contribution in [3.8, 4) is 11.5 Å². The molecule has 3 aromatic carbocycles. The Hall–Kier alpha value is -3.32. The fourth-order valence-electron chi connectivity index (χ4n) is 3.44. The van der Waals surface area contributed by atoms with Crippen LogP contribution in [0, 0.1) is 0 Å². The maximum atomic E-state index is 13.1. The van der Waals surface area contributed by atoms with Crippen molar-refractivity contribution in [2.75, 3.05) is 14.2 Å². The summed E-state index contributed by atoms with van der Waals surface area (Å²) in [5.74, 6) is 1.01. The predicted molar refractivity (Wildman–Crippen MR) is 124 cm³/mol. The van der Waals surface area contributed by atoms with Gasteiger partial charge in [0.2, 0.25) is 5.90 Å². The van der Waals surface area contributed by atoms with Gasteiger partial charge in [0.15, 0.2) is 23.6 Å². The van der Waals surface area contributed by atoms with Gasteiger partial charge in [-0.25, -0.2) is 9.79 Å². The van der Waals surface area contributed by atoms with E-state index >= 15 is 0 Å². The van der Waals surface area contributed by atoms with Crippen molar-refractivity contribution in [2.24, 2.45) is 4.99 Å². The van der Waals surface area contributed by atoms with E-state index < -0.39 is 18.1 Å². The van der Waals surface area contributed by atoms with E-state index in [0.29, 0.717) is 27.4 Å². The molecule has 0 aliphatic carbocycles. The second-order valence-corrected chi connectivity index (χ2v) is 7.96. The second kappa shape index (κ2) is 9.87. The molecule has 1 heterocycles. The van der Waals surface area contributed by atoms with Crippen molar-refractivity contribution in [1.82, 2.24) is 0 Å². The molecule has 0 N–H and O–H groups in total. The van der Waals surface area contributed by atoms with E-state index in [1.54, 1.807) is 26.4 Å². The third kappa shape index (κ3) is 4.62. The van der Waals surface area contributed by atoms with Gasteiger partial charge in [0, 0.05) is 15.6 Å². The molecule has 2 unspecified atom stereocenters. The van der Waals surface area contributed by atoms with Crippen LogP contribution in [-0.2, 0) is 20.9 Å². The number of aliphatic imine (C=N–C) groups is 1. The van der Waals surface area contributed by atoms with Crippen molar-refractivity contribution in [1.29, 1.82) is 0 Å². The average Bonchev–Trinajstić information content (AvgIpc) is 3.29. The lowest BCUT2D eigenvalue weighted by molar-refractivity contribution is -0.148. The minimum absolute atomic E-state index is 0.159. The predicted octanol–water partition coefficient (Wildman–Crippen LogP) is 5.10. The van der Waals surface area contributed by atoms with Crippen LogP contribution < -0.4 is 9.47 Å². The number of carbonyl (C=O) groups is 1. The Kier molecular flexibility index (Phi) is 6.75. The maximum Gasteiger partial charge on any atom is 0.335 e. The van der Waals surface area contributed by atoms with Crippen LogP contribution in [0.2, 0.25) is 0 Å². The number of hydrogen-bond donors (Lipinski definition) is 0. The largest absolute Gasteiger partial charge is 0.493 e. The van der Waals surface area contributed by atoms with Crippen LogP contribution in [-0.4, -0.2) is 32.1 Å². The Labute approximate surface area is 194 Å². The smallest absolute Gasteiger partial charge is 0.335 e. The van der Waals surface area contributed by atoms with E-state index in [1.165, 1.54) is 0 Å². The van der Waals surface area contributed by atoms with E-state index in [2.05, 4.69) is 20.9 Å². The zero-order chi connectivity index (χ0) is 22.5. The van der Waals surface area contributed by atoms with Gasteiger partial charge in [-0.1, -0.05) is 64.5 Å². The summed E-state index contributed by atoms with van der Waals surface area (Å²) in [5, 5.41) is 0. The SMILES string of the molecule is COc1cc(Br)c(C2OC(c3ccccc3)=NC2C(=O)OCc2ccccc2)cc1OC. The van der Waals surface area contributed by atoms with Crippen LogP contribution in [0.5, 0.6) is 11.5 Å². The van der Waals surface area contributed by atoms with Gasteiger partial charge >= 0.3 is 5.97 Å². The Balaban J connectivity index is 1.66. The molecule has 0 saturated heterocycles. The van der Waals surface area contributed by atoms with E-state index in [9.17, 15) is 4.79 Å². The topological polar surface area (TPSA) is 66.4 Å². The molecule has 4 rings (SSSR count). The molecule has 6 nitrogen and oxygen atoms in total. The normalized spacial score (nSPS) is 17.3. The number of rotatable bonds is 7. The first kappa shape index (κ1) is 21.9. The summed E-state index contributed by atoms with van der Waals surface area (Å²) in [7, 11) is 3.12. The first-order valence-electron chi connectivity index (χ1n) is 10.0. The third-order valence-electron chi connectivity index (χ3n) is 5.08. The van der Waals surface area contributed by atoms with Crippen molar-refractivity contribution >= 4 is 27.8 Å². The molecule has 1 aliphatic heterocycles. The summed E-state index contributed by atoms with van der Waals surface area (Å²) >= 11 is 3.57. The molecule has 0 radical (unpaired) electrons. The number of ether oxygens (including phenoxy) is 4. The van der Waals surface area contributed by atoms with Crippen molar-refractivity contribution in [2.45, 2.75) is 18.8 Å². The van der Waals surface area contributed by atoms with Gasteiger partial charge in [-0.05, 0) is 29.8 Å².